The molecule has 0 bridgehead atoms. The van der Waals surface area contributed by atoms with E-state index in [1.165, 1.54) is 0 Å². The van der Waals surface area contributed by atoms with Crippen LogP contribution in [0.4, 0.5) is 0 Å². The molecule has 1 rings (SSSR count). The van der Waals surface area contributed by atoms with Crippen LogP contribution >= 0.6 is 0 Å². The molecule has 0 spiro atoms. The zero-order valence-corrected chi connectivity index (χ0v) is 11.7. The van der Waals surface area contributed by atoms with Crippen molar-refractivity contribution in [1.29, 1.82) is 0 Å². The van der Waals surface area contributed by atoms with Crippen LogP contribution in [0.2, 0.25) is 0 Å². The number of aromatic nitrogens is 2. The van der Waals surface area contributed by atoms with Crippen LogP contribution in [-0.4, -0.2) is 33.6 Å². The molecule has 4 nitrogen and oxygen atoms in total. The van der Waals surface area contributed by atoms with Gasteiger partial charge < -0.3 is 9.76 Å². The first-order chi connectivity index (χ1) is 7.67. The molecular formula is C12H23BN2O2. The molecule has 0 fully saturated rings. The smallest absolute Gasteiger partial charge is 0.312 e. The lowest BCUT2D eigenvalue weighted by molar-refractivity contribution is -0.129. The van der Waals surface area contributed by atoms with E-state index in [0.29, 0.717) is 7.48 Å². The number of aliphatic hydroxyl groups is 1. The van der Waals surface area contributed by atoms with E-state index < -0.39 is 11.2 Å². The molecule has 0 saturated carbocycles. The summed E-state index contributed by atoms with van der Waals surface area (Å²) in [5.41, 5.74) is -0.452. The van der Waals surface area contributed by atoms with Crippen molar-refractivity contribution in [2.75, 3.05) is 0 Å². The van der Waals surface area contributed by atoms with Crippen LogP contribution in [-0.2, 0) is 11.7 Å². The van der Waals surface area contributed by atoms with Crippen molar-refractivity contribution >= 4 is 12.9 Å². The predicted octanol–water partition coefficient (Wildman–Crippen LogP) is 0.599. The highest BCUT2D eigenvalue weighted by Gasteiger charge is 2.42. The second kappa shape index (κ2) is 4.82. The fourth-order valence-corrected chi connectivity index (χ4v) is 1.65. The van der Waals surface area contributed by atoms with Crippen LogP contribution in [0.5, 0.6) is 0 Å². The van der Waals surface area contributed by atoms with Crippen LogP contribution in [0.1, 0.15) is 34.6 Å². The molecule has 1 N–H and O–H groups in total. The lowest BCUT2D eigenvalue weighted by atomic mass is 9.76. The van der Waals surface area contributed by atoms with Crippen LogP contribution in [0.3, 0.4) is 0 Å². The molecule has 0 aliphatic heterocycles. The van der Waals surface area contributed by atoms with Crippen LogP contribution < -0.4 is 5.46 Å². The Kier molecular flexibility index (Phi) is 4.04. The van der Waals surface area contributed by atoms with Gasteiger partial charge in [0.05, 0.1) is 11.2 Å². The fourth-order valence-electron chi connectivity index (χ4n) is 1.65. The maximum atomic E-state index is 10.5. The van der Waals surface area contributed by atoms with Crippen molar-refractivity contribution in [2.24, 2.45) is 13.0 Å². The molecule has 0 amide bonds. The molecule has 1 aromatic rings. The second-order valence-electron chi connectivity index (χ2n) is 5.62. The molecule has 0 aromatic carbocycles. The van der Waals surface area contributed by atoms with Gasteiger partial charge in [0, 0.05) is 19.4 Å². The van der Waals surface area contributed by atoms with Gasteiger partial charge in [-0.3, -0.25) is 4.68 Å². The topological polar surface area (TPSA) is 47.3 Å². The summed E-state index contributed by atoms with van der Waals surface area (Å²) in [6.45, 7) is 9.65. The van der Waals surface area contributed by atoms with Gasteiger partial charge in [0.15, 0.2) is 0 Å². The standard InChI is InChI=1S/C12H23BN2O2/c1-9(2)12(5,16)11(3,4)17-13-10-7-14-15(6)8-10/h7-9,13,16H,1-6H3. The Morgan fingerprint density at radius 3 is 2.41 bits per heavy atom. The molecule has 17 heavy (non-hydrogen) atoms. The van der Waals surface area contributed by atoms with Crippen LogP contribution in [0.25, 0.3) is 0 Å². The lowest BCUT2D eigenvalue weighted by Crippen LogP contribution is -2.54. The van der Waals surface area contributed by atoms with Gasteiger partial charge in [-0.2, -0.15) is 5.10 Å². The highest BCUT2D eigenvalue weighted by molar-refractivity contribution is 6.46. The molecule has 0 aliphatic rings. The summed E-state index contributed by atoms with van der Waals surface area (Å²) in [5, 5.41) is 14.5. The van der Waals surface area contributed by atoms with E-state index in [9.17, 15) is 5.11 Å². The van der Waals surface area contributed by atoms with E-state index in [-0.39, 0.29) is 5.92 Å². The van der Waals surface area contributed by atoms with Crippen LogP contribution in [0.15, 0.2) is 12.4 Å². The second-order valence-corrected chi connectivity index (χ2v) is 5.62. The first kappa shape index (κ1) is 14.3. The van der Waals surface area contributed by atoms with Crippen molar-refractivity contribution in [3.63, 3.8) is 0 Å². The Bertz CT molecular complexity index is 372. The molecule has 1 aromatic heterocycles. The van der Waals surface area contributed by atoms with E-state index in [2.05, 4.69) is 5.10 Å². The zero-order valence-electron chi connectivity index (χ0n) is 11.7. The molecule has 1 atom stereocenters. The first-order valence-corrected chi connectivity index (χ1v) is 6.00. The summed E-state index contributed by atoms with van der Waals surface area (Å²) in [7, 11) is 2.34. The van der Waals surface area contributed by atoms with E-state index >= 15 is 0 Å². The summed E-state index contributed by atoms with van der Waals surface area (Å²) >= 11 is 0. The maximum Gasteiger partial charge on any atom is 0.312 e. The number of hydrogen-bond acceptors (Lipinski definition) is 3. The largest absolute Gasteiger partial charge is 0.427 e. The molecule has 1 heterocycles. The third-order valence-corrected chi connectivity index (χ3v) is 3.70. The van der Waals surface area contributed by atoms with Crippen molar-refractivity contribution in [3.8, 4) is 0 Å². The first-order valence-electron chi connectivity index (χ1n) is 6.00. The molecule has 96 valence electrons. The Labute approximate surface area is 104 Å². The minimum atomic E-state index is -0.866. The quantitative estimate of drug-likeness (QED) is 0.764. The number of aryl methyl sites for hydroxylation is 1. The molecule has 5 heteroatoms. The van der Waals surface area contributed by atoms with Gasteiger partial charge in [0.25, 0.3) is 0 Å². The summed E-state index contributed by atoms with van der Waals surface area (Å²) in [6.07, 6.45) is 3.69. The third kappa shape index (κ3) is 3.10. The van der Waals surface area contributed by atoms with Crippen molar-refractivity contribution in [3.05, 3.63) is 12.4 Å². The van der Waals surface area contributed by atoms with Crippen molar-refractivity contribution in [2.45, 2.75) is 45.8 Å². The Morgan fingerprint density at radius 2 is 2.00 bits per heavy atom. The number of hydrogen-bond donors (Lipinski definition) is 1. The van der Waals surface area contributed by atoms with Gasteiger partial charge in [-0.15, -0.1) is 0 Å². The highest BCUT2D eigenvalue weighted by Crippen LogP contribution is 2.31. The van der Waals surface area contributed by atoms with Gasteiger partial charge >= 0.3 is 7.48 Å². The predicted molar refractivity (Wildman–Crippen MR) is 70.6 cm³/mol. The van der Waals surface area contributed by atoms with E-state index in [1.54, 1.807) is 10.9 Å². The van der Waals surface area contributed by atoms with E-state index in [0.717, 1.165) is 5.46 Å². The fraction of sp³-hybridized carbons (Fsp3) is 0.750. The Hall–Kier alpha value is -0.805. The summed E-state index contributed by atoms with van der Waals surface area (Å²) in [4.78, 5) is 0. The highest BCUT2D eigenvalue weighted by atomic mass is 16.5. The Balaban J connectivity index is 2.67. The van der Waals surface area contributed by atoms with E-state index in [1.807, 2.05) is 47.9 Å². The molecule has 0 radical (unpaired) electrons. The average Bonchev–Trinajstić information content (AvgIpc) is 2.61. The van der Waals surface area contributed by atoms with Gasteiger partial charge in [-0.25, -0.2) is 0 Å². The lowest BCUT2D eigenvalue weighted by Gasteiger charge is -2.43. The molecule has 1 unspecified atom stereocenters. The zero-order chi connectivity index (χ0) is 13.3. The molecule has 0 saturated heterocycles. The summed E-state index contributed by atoms with van der Waals surface area (Å²) < 4.78 is 7.59. The minimum absolute atomic E-state index is 0.131. The minimum Gasteiger partial charge on any atom is -0.427 e. The van der Waals surface area contributed by atoms with Gasteiger partial charge in [-0.1, -0.05) is 13.8 Å². The van der Waals surface area contributed by atoms with Crippen LogP contribution in [0, 0.1) is 5.92 Å². The number of nitrogens with zero attached hydrogens (tertiary/aromatic N) is 2. The maximum absolute atomic E-state index is 10.5. The average molecular weight is 238 g/mol. The number of rotatable bonds is 5. The summed E-state index contributed by atoms with van der Waals surface area (Å²) in [6, 6.07) is 0. The molecule has 0 aliphatic carbocycles. The van der Waals surface area contributed by atoms with Gasteiger partial charge in [0.2, 0.25) is 0 Å². The summed E-state index contributed by atoms with van der Waals surface area (Å²) in [5.74, 6) is 0.131. The van der Waals surface area contributed by atoms with Gasteiger partial charge in [0.1, 0.15) is 0 Å². The van der Waals surface area contributed by atoms with Crippen molar-refractivity contribution < 1.29 is 9.76 Å². The molecular weight excluding hydrogens is 215 g/mol. The third-order valence-electron chi connectivity index (χ3n) is 3.70. The normalized spacial score (nSPS) is 16.0. The Morgan fingerprint density at radius 1 is 1.41 bits per heavy atom. The van der Waals surface area contributed by atoms with Gasteiger partial charge in [-0.05, 0) is 32.2 Å². The van der Waals surface area contributed by atoms with Crippen molar-refractivity contribution in [1.82, 2.24) is 9.78 Å². The SMILES string of the molecule is CC(C)C(C)(O)C(C)(C)OBc1cnn(C)c1. The monoisotopic (exact) mass is 238 g/mol. The van der Waals surface area contributed by atoms with E-state index in [4.69, 9.17) is 4.65 Å².